The van der Waals surface area contributed by atoms with E-state index in [1.54, 1.807) is 0 Å². The molecule has 0 aliphatic heterocycles. The second kappa shape index (κ2) is 43.8. The Balaban J connectivity index is 3.56. The molecule has 1 N–H and O–H groups in total. The van der Waals surface area contributed by atoms with E-state index < -0.39 is 5.97 Å². The standard InChI is InChI=1S/C48H90O4/c1-3-5-7-8-9-10-11-12-13-14-15-16-17-18-23-26-29-32-35-38-41-45-48(51)52-46(42-6-4-2)43-39-36-33-30-27-24-21-19-20-22-25-28-31-34-37-40-44-47(49)50/h9-10,12-13,46H,3-8,11,14-45H2,1-2H3,(H,49,50)/b10-9-,13-12-. The number of carboxylic acid groups (broad SMARTS) is 1. The molecule has 0 aromatic rings. The number of ether oxygens (including phenoxy) is 1. The molecule has 0 aliphatic carbocycles. The first kappa shape index (κ1) is 50.4. The van der Waals surface area contributed by atoms with Crippen LogP contribution < -0.4 is 0 Å². The topological polar surface area (TPSA) is 63.6 Å². The molecule has 4 nitrogen and oxygen atoms in total. The van der Waals surface area contributed by atoms with Crippen molar-refractivity contribution in [2.45, 2.75) is 270 Å². The van der Waals surface area contributed by atoms with Gasteiger partial charge in [0, 0.05) is 12.8 Å². The molecule has 1 atom stereocenters. The summed E-state index contributed by atoms with van der Waals surface area (Å²) in [6, 6.07) is 0. The normalized spacial score (nSPS) is 12.3. The summed E-state index contributed by atoms with van der Waals surface area (Å²) in [5.74, 6) is -0.621. The monoisotopic (exact) mass is 731 g/mol. The molecule has 0 bridgehead atoms. The van der Waals surface area contributed by atoms with Gasteiger partial charge >= 0.3 is 11.9 Å². The van der Waals surface area contributed by atoms with Gasteiger partial charge in [-0.15, -0.1) is 0 Å². The van der Waals surface area contributed by atoms with Crippen molar-refractivity contribution in [1.29, 1.82) is 0 Å². The number of carbonyl (C=O) groups is 2. The minimum absolute atomic E-state index is 0.0409. The molecule has 52 heavy (non-hydrogen) atoms. The third kappa shape index (κ3) is 42.8. The fraction of sp³-hybridized carbons (Fsp3) is 0.875. The first-order chi connectivity index (χ1) is 25.6. The molecule has 0 radical (unpaired) electrons. The predicted molar refractivity (Wildman–Crippen MR) is 227 cm³/mol. The second-order valence-electron chi connectivity index (χ2n) is 15.9. The van der Waals surface area contributed by atoms with Gasteiger partial charge in [-0.3, -0.25) is 9.59 Å². The van der Waals surface area contributed by atoms with Gasteiger partial charge < -0.3 is 9.84 Å². The van der Waals surface area contributed by atoms with Gasteiger partial charge in [-0.25, -0.2) is 0 Å². The molecule has 0 spiro atoms. The predicted octanol–water partition coefficient (Wildman–Crippen LogP) is 16.3. The summed E-state index contributed by atoms with van der Waals surface area (Å²) in [5.41, 5.74) is 0. The fourth-order valence-electron chi connectivity index (χ4n) is 7.20. The zero-order valence-corrected chi connectivity index (χ0v) is 35.1. The van der Waals surface area contributed by atoms with Crippen LogP contribution in [0.1, 0.15) is 264 Å². The number of esters is 1. The SMILES string of the molecule is CCCCC/C=C\C/C=C\CCCCCCCCCCCCCC(=O)OC(CCCC)CCCCCCCCCCCCCCCCCCC(=O)O. The molecule has 0 aliphatic rings. The second-order valence-corrected chi connectivity index (χ2v) is 15.9. The van der Waals surface area contributed by atoms with Crippen molar-refractivity contribution in [3.8, 4) is 0 Å². The smallest absolute Gasteiger partial charge is 0.306 e. The third-order valence-corrected chi connectivity index (χ3v) is 10.7. The van der Waals surface area contributed by atoms with Crippen molar-refractivity contribution in [3.63, 3.8) is 0 Å². The van der Waals surface area contributed by atoms with Crippen LogP contribution in [0.25, 0.3) is 0 Å². The van der Waals surface area contributed by atoms with E-state index in [0.717, 1.165) is 51.4 Å². The van der Waals surface area contributed by atoms with Gasteiger partial charge in [0.25, 0.3) is 0 Å². The molecular weight excluding hydrogens is 641 g/mol. The average molecular weight is 731 g/mol. The number of hydrogen-bond donors (Lipinski definition) is 1. The molecule has 0 saturated carbocycles. The molecule has 0 fully saturated rings. The number of carbonyl (C=O) groups excluding carboxylic acids is 1. The molecule has 0 aromatic heterocycles. The lowest BCUT2D eigenvalue weighted by Gasteiger charge is -2.18. The maximum Gasteiger partial charge on any atom is 0.306 e. The van der Waals surface area contributed by atoms with E-state index in [1.807, 2.05) is 0 Å². The minimum atomic E-state index is -0.662. The van der Waals surface area contributed by atoms with Gasteiger partial charge in [0.2, 0.25) is 0 Å². The van der Waals surface area contributed by atoms with Crippen LogP contribution in [-0.4, -0.2) is 23.1 Å². The Morgan fingerprint density at radius 2 is 0.769 bits per heavy atom. The zero-order chi connectivity index (χ0) is 37.8. The summed E-state index contributed by atoms with van der Waals surface area (Å²) in [4.78, 5) is 23.1. The number of carboxylic acids is 1. The zero-order valence-electron chi connectivity index (χ0n) is 35.1. The van der Waals surface area contributed by atoms with E-state index >= 15 is 0 Å². The van der Waals surface area contributed by atoms with E-state index in [2.05, 4.69) is 38.2 Å². The number of aliphatic carboxylic acids is 1. The van der Waals surface area contributed by atoms with Crippen LogP contribution in [0.4, 0.5) is 0 Å². The Bertz CT molecular complexity index is 787. The van der Waals surface area contributed by atoms with Crippen molar-refractivity contribution in [2.24, 2.45) is 0 Å². The summed E-state index contributed by atoms with van der Waals surface area (Å²) in [6.45, 7) is 4.49. The molecule has 0 amide bonds. The van der Waals surface area contributed by atoms with Crippen LogP contribution in [0, 0.1) is 0 Å². The van der Waals surface area contributed by atoms with Gasteiger partial charge in [0.15, 0.2) is 0 Å². The summed E-state index contributed by atoms with van der Waals surface area (Å²) < 4.78 is 5.97. The van der Waals surface area contributed by atoms with Crippen molar-refractivity contribution in [1.82, 2.24) is 0 Å². The summed E-state index contributed by atoms with van der Waals surface area (Å²) in [5, 5.41) is 8.68. The molecule has 306 valence electrons. The van der Waals surface area contributed by atoms with E-state index in [4.69, 9.17) is 9.84 Å². The van der Waals surface area contributed by atoms with Crippen LogP contribution in [0.15, 0.2) is 24.3 Å². The Morgan fingerprint density at radius 1 is 0.423 bits per heavy atom. The number of unbranched alkanes of at least 4 members (excludes halogenated alkanes) is 30. The molecule has 4 heteroatoms. The fourth-order valence-corrected chi connectivity index (χ4v) is 7.20. The van der Waals surface area contributed by atoms with E-state index in [1.165, 1.54) is 186 Å². The van der Waals surface area contributed by atoms with Gasteiger partial charge in [0.1, 0.15) is 6.10 Å². The van der Waals surface area contributed by atoms with Crippen LogP contribution in [0.3, 0.4) is 0 Å². The van der Waals surface area contributed by atoms with Crippen molar-refractivity contribution >= 4 is 11.9 Å². The largest absolute Gasteiger partial charge is 0.481 e. The Kier molecular flexibility index (Phi) is 42.5. The lowest BCUT2D eigenvalue weighted by molar-refractivity contribution is -0.150. The Hall–Kier alpha value is -1.58. The van der Waals surface area contributed by atoms with Crippen LogP contribution in [-0.2, 0) is 14.3 Å². The highest BCUT2D eigenvalue weighted by molar-refractivity contribution is 5.69. The quantitative estimate of drug-likeness (QED) is 0.0385. The van der Waals surface area contributed by atoms with Crippen molar-refractivity contribution in [3.05, 3.63) is 24.3 Å². The maximum absolute atomic E-state index is 12.6. The maximum atomic E-state index is 12.6. The molecular formula is C48H90O4. The molecule has 0 aromatic carbocycles. The summed E-state index contributed by atoms with van der Waals surface area (Å²) in [6.07, 6.45) is 57.0. The van der Waals surface area contributed by atoms with Gasteiger partial charge in [-0.2, -0.15) is 0 Å². The average Bonchev–Trinajstić information content (AvgIpc) is 3.13. The first-order valence-corrected chi connectivity index (χ1v) is 23.3. The molecule has 0 heterocycles. The number of allylic oxidation sites excluding steroid dienone is 4. The molecule has 0 rings (SSSR count). The highest BCUT2D eigenvalue weighted by atomic mass is 16.5. The lowest BCUT2D eigenvalue weighted by atomic mass is 10.0. The van der Waals surface area contributed by atoms with E-state index in [-0.39, 0.29) is 12.1 Å². The van der Waals surface area contributed by atoms with Crippen LogP contribution in [0.2, 0.25) is 0 Å². The van der Waals surface area contributed by atoms with E-state index in [0.29, 0.717) is 12.8 Å². The highest BCUT2D eigenvalue weighted by Gasteiger charge is 2.14. The number of rotatable bonds is 43. The van der Waals surface area contributed by atoms with Crippen LogP contribution in [0.5, 0.6) is 0 Å². The first-order valence-electron chi connectivity index (χ1n) is 23.3. The van der Waals surface area contributed by atoms with Gasteiger partial charge in [0.05, 0.1) is 0 Å². The van der Waals surface area contributed by atoms with Crippen LogP contribution >= 0.6 is 0 Å². The highest BCUT2D eigenvalue weighted by Crippen LogP contribution is 2.19. The van der Waals surface area contributed by atoms with Gasteiger partial charge in [-0.05, 0) is 64.2 Å². The van der Waals surface area contributed by atoms with Gasteiger partial charge in [-0.1, -0.05) is 212 Å². The summed E-state index contributed by atoms with van der Waals surface area (Å²) >= 11 is 0. The lowest BCUT2D eigenvalue weighted by Crippen LogP contribution is -2.18. The number of hydrogen-bond acceptors (Lipinski definition) is 3. The molecule has 0 saturated heterocycles. The third-order valence-electron chi connectivity index (χ3n) is 10.7. The van der Waals surface area contributed by atoms with E-state index in [9.17, 15) is 9.59 Å². The molecule has 1 unspecified atom stereocenters. The van der Waals surface area contributed by atoms with Crippen molar-refractivity contribution < 1.29 is 19.4 Å². The Labute approximate surface area is 325 Å². The Morgan fingerprint density at radius 3 is 1.19 bits per heavy atom. The summed E-state index contributed by atoms with van der Waals surface area (Å²) in [7, 11) is 0. The minimum Gasteiger partial charge on any atom is -0.481 e. The van der Waals surface area contributed by atoms with Crippen molar-refractivity contribution in [2.75, 3.05) is 0 Å².